The fraction of sp³-hybridized carbons (Fsp3) is 0.519. The molecule has 2 atom stereocenters. The van der Waals surface area contributed by atoms with Crippen LogP contribution >= 0.6 is 0 Å². The Labute approximate surface area is 198 Å². The van der Waals surface area contributed by atoms with Gasteiger partial charge in [-0.2, -0.15) is 4.31 Å². The molecule has 180 valence electrons. The van der Waals surface area contributed by atoms with Crippen molar-refractivity contribution in [3.8, 4) is 0 Å². The molecule has 1 N–H and O–H groups in total. The molecule has 0 aromatic heterocycles. The van der Waals surface area contributed by atoms with E-state index in [0.29, 0.717) is 19.4 Å². The summed E-state index contributed by atoms with van der Waals surface area (Å²) in [5.41, 5.74) is 4.15. The van der Waals surface area contributed by atoms with Gasteiger partial charge in [-0.25, -0.2) is 8.42 Å². The molecule has 0 amide bonds. The second-order valence-corrected chi connectivity index (χ2v) is 12.6. The van der Waals surface area contributed by atoms with Gasteiger partial charge in [0.25, 0.3) is 0 Å². The van der Waals surface area contributed by atoms with Crippen molar-refractivity contribution in [2.45, 2.75) is 83.1 Å². The Morgan fingerprint density at radius 1 is 1.12 bits per heavy atom. The number of hydrogen-bond donors (Lipinski definition) is 1. The Kier molecular flexibility index (Phi) is 7.39. The molecule has 5 nitrogen and oxygen atoms in total. The molecule has 0 spiro atoms. The molecular formula is C27H37NO4S. The number of aryl methyl sites for hydroxylation is 1. The quantitative estimate of drug-likeness (QED) is 0.603. The molecule has 0 saturated heterocycles. The van der Waals surface area contributed by atoms with E-state index in [4.69, 9.17) is 0 Å². The summed E-state index contributed by atoms with van der Waals surface area (Å²) in [6.07, 6.45) is 1.07. The minimum absolute atomic E-state index is 0.0470. The molecule has 2 aromatic carbocycles. The summed E-state index contributed by atoms with van der Waals surface area (Å²) in [6.45, 7) is 12.8. The van der Waals surface area contributed by atoms with Gasteiger partial charge < -0.3 is 5.11 Å². The predicted molar refractivity (Wildman–Crippen MR) is 132 cm³/mol. The monoisotopic (exact) mass is 471 g/mol. The summed E-state index contributed by atoms with van der Waals surface area (Å²) in [7, 11) is -3.78. The number of fused-ring (bicyclic) bond motifs is 1. The van der Waals surface area contributed by atoms with Crippen molar-refractivity contribution >= 4 is 16.0 Å². The number of carboxylic acid groups (broad SMARTS) is 1. The van der Waals surface area contributed by atoms with E-state index < -0.39 is 28.0 Å². The Hall–Kier alpha value is -2.18. The van der Waals surface area contributed by atoms with E-state index in [-0.39, 0.29) is 22.6 Å². The van der Waals surface area contributed by atoms with Crippen LogP contribution < -0.4 is 0 Å². The number of aliphatic carboxylic acids is 1. The zero-order valence-corrected chi connectivity index (χ0v) is 21.4. The summed E-state index contributed by atoms with van der Waals surface area (Å²) in [5, 5.41) is 9.79. The van der Waals surface area contributed by atoms with Crippen LogP contribution in [0.25, 0.3) is 0 Å². The van der Waals surface area contributed by atoms with Gasteiger partial charge in [-0.1, -0.05) is 70.5 Å². The highest BCUT2D eigenvalue weighted by Crippen LogP contribution is 2.40. The first-order valence-corrected chi connectivity index (χ1v) is 13.2. The molecule has 0 fully saturated rings. The first-order chi connectivity index (χ1) is 15.3. The molecule has 0 bridgehead atoms. The largest absolute Gasteiger partial charge is 0.481 e. The van der Waals surface area contributed by atoms with Gasteiger partial charge in [0, 0.05) is 18.5 Å². The number of carbonyl (C=O) groups is 1. The highest BCUT2D eigenvalue weighted by atomic mass is 32.2. The predicted octanol–water partition coefficient (Wildman–Crippen LogP) is 5.51. The maximum atomic E-state index is 13.8. The molecule has 3 rings (SSSR count). The number of nitrogens with zero attached hydrogens (tertiary/aromatic N) is 1. The van der Waals surface area contributed by atoms with E-state index in [0.717, 1.165) is 16.7 Å². The van der Waals surface area contributed by atoms with Crippen molar-refractivity contribution in [2.75, 3.05) is 6.54 Å². The van der Waals surface area contributed by atoms with Crippen molar-refractivity contribution in [2.24, 2.45) is 5.92 Å². The number of rotatable bonds is 6. The fourth-order valence-electron chi connectivity index (χ4n) is 4.80. The smallest absolute Gasteiger partial charge is 0.304 e. The van der Waals surface area contributed by atoms with Crippen LogP contribution in [-0.4, -0.2) is 36.4 Å². The second kappa shape index (κ2) is 9.59. The van der Waals surface area contributed by atoms with Crippen LogP contribution in [0.5, 0.6) is 0 Å². The molecule has 0 radical (unpaired) electrons. The molecule has 1 aliphatic rings. The lowest BCUT2D eigenvalue weighted by Crippen LogP contribution is -2.44. The maximum absolute atomic E-state index is 13.8. The third kappa shape index (κ3) is 5.67. The van der Waals surface area contributed by atoms with Crippen LogP contribution in [-0.2, 0) is 26.7 Å². The van der Waals surface area contributed by atoms with Gasteiger partial charge in [-0.05, 0) is 59.9 Å². The minimum Gasteiger partial charge on any atom is -0.481 e. The van der Waals surface area contributed by atoms with E-state index in [1.54, 1.807) is 28.6 Å². The molecule has 2 aromatic rings. The lowest BCUT2D eigenvalue weighted by atomic mass is 9.79. The van der Waals surface area contributed by atoms with Crippen LogP contribution in [0.3, 0.4) is 0 Å². The molecule has 0 aliphatic carbocycles. The van der Waals surface area contributed by atoms with Crippen molar-refractivity contribution in [3.63, 3.8) is 0 Å². The molecular weight excluding hydrogens is 434 g/mol. The number of sulfonamides is 1. The van der Waals surface area contributed by atoms with E-state index in [9.17, 15) is 18.3 Å². The van der Waals surface area contributed by atoms with Gasteiger partial charge >= 0.3 is 5.97 Å². The third-order valence-electron chi connectivity index (χ3n) is 6.58. The zero-order chi connectivity index (χ0) is 24.6. The van der Waals surface area contributed by atoms with Gasteiger partial charge in [0.15, 0.2) is 0 Å². The summed E-state index contributed by atoms with van der Waals surface area (Å²) < 4.78 is 29.2. The molecule has 1 heterocycles. The van der Waals surface area contributed by atoms with E-state index in [1.165, 1.54) is 5.56 Å². The molecule has 6 heteroatoms. The molecule has 33 heavy (non-hydrogen) atoms. The Balaban J connectivity index is 2.17. The fourth-order valence-corrected chi connectivity index (χ4v) is 6.47. The van der Waals surface area contributed by atoms with Crippen molar-refractivity contribution < 1.29 is 18.3 Å². The van der Waals surface area contributed by atoms with E-state index in [2.05, 4.69) is 46.8 Å². The van der Waals surface area contributed by atoms with E-state index in [1.807, 2.05) is 13.0 Å². The maximum Gasteiger partial charge on any atom is 0.304 e. The van der Waals surface area contributed by atoms with Crippen molar-refractivity contribution in [3.05, 3.63) is 64.7 Å². The average Bonchev–Trinajstić information content (AvgIpc) is 2.84. The van der Waals surface area contributed by atoms with Crippen molar-refractivity contribution in [1.82, 2.24) is 4.31 Å². The zero-order valence-electron chi connectivity index (χ0n) is 20.6. The van der Waals surface area contributed by atoms with Crippen molar-refractivity contribution in [1.29, 1.82) is 0 Å². The number of carboxylic acids is 1. The number of benzene rings is 2. The van der Waals surface area contributed by atoms with Gasteiger partial charge in [0.2, 0.25) is 10.0 Å². The standard InChI is InChI=1S/C27H37NO4S/c1-18(2)15-25-24(17-26(29)30)23-12-9-21(27(4,5)6)16-20(23)13-14-28(25)33(31,32)22-10-7-19(3)8-11-22/h7-12,16,18,24-25H,13-15,17H2,1-6H3,(H,29,30)/t24?,25-/m1/s1. The second-order valence-electron chi connectivity index (χ2n) is 10.7. The lowest BCUT2D eigenvalue weighted by Gasteiger charge is -2.35. The highest BCUT2D eigenvalue weighted by molar-refractivity contribution is 7.89. The summed E-state index contributed by atoms with van der Waals surface area (Å²) >= 11 is 0. The van der Waals surface area contributed by atoms with Crippen LogP contribution in [0.4, 0.5) is 0 Å². The highest BCUT2D eigenvalue weighted by Gasteiger charge is 2.41. The summed E-state index contributed by atoms with van der Waals surface area (Å²) in [5.74, 6) is -1.09. The molecule has 0 saturated carbocycles. The minimum atomic E-state index is -3.78. The first-order valence-electron chi connectivity index (χ1n) is 11.7. The van der Waals surface area contributed by atoms with Crippen LogP contribution in [0.1, 0.15) is 75.6 Å². The average molecular weight is 472 g/mol. The Bertz CT molecular complexity index is 1100. The van der Waals surface area contributed by atoms with Crippen LogP contribution in [0, 0.1) is 12.8 Å². The first kappa shape index (κ1) is 25.4. The van der Waals surface area contributed by atoms with Gasteiger partial charge in [0.05, 0.1) is 11.3 Å². The number of hydrogen-bond acceptors (Lipinski definition) is 3. The summed E-state index contributed by atoms with van der Waals surface area (Å²) in [4.78, 5) is 12.2. The van der Waals surface area contributed by atoms with Gasteiger partial charge in [-0.15, -0.1) is 0 Å². The lowest BCUT2D eigenvalue weighted by molar-refractivity contribution is -0.137. The third-order valence-corrected chi connectivity index (χ3v) is 8.52. The molecule has 1 aliphatic heterocycles. The summed E-state index contributed by atoms with van der Waals surface area (Å²) in [6, 6.07) is 12.8. The van der Waals surface area contributed by atoms with Gasteiger partial charge in [0.1, 0.15) is 0 Å². The Morgan fingerprint density at radius 2 is 1.76 bits per heavy atom. The van der Waals surface area contributed by atoms with Crippen LogP contribution in [0.2, 0.25) is 0 Å². The Morgan fingerprint density at radius 3 is 2.30 bits per heavy atom. The topological polar surface area (TPSA) is 74.7 Å². The van der Waals surface area contributed by atoms with E-state index >= 15 is 0 Å². The SMILES string of the molecule is Cc1ccc(S(=O)(=O)N2CCc3cc(C(C)(C)C)ccc3C(CC(=O)O)[C@H]2CC(C)C)cc1. The van der Waals surface area contributed by atoms with Crippen LogP contribution in [0.15, 0.2) is 47.4 Å². The molecule has 1 unspecified atom stereocenters. The van der Waals surface area contributed by atoms with Gasteiger partial charge in [-0.3, -0.25) is 4.79 Å². The normalized spacial score (nSPS) is 19.8.